The SMILES string of the molecule is Cc1cc([C@@H]2O[C@H](CO)C(O)C2O)c(F)cc1F. The van der Waals surface area contributed by atoms with E-state index < -0.39 is 42.7 Å². The van der Waals surface area contributed by atoms with Gasteiger partial charge in [-0.25, -0.2) is 8.78 Å². The summed E-state index contributed by atoms with van der Waals surface area (Å²) in [7, 11) is 0. The standard InChI is InChI=1S/C12H14F2O4/c1-5-2-6(8(14)3-7(5)13)12-11(17)10(16)9(4-15)18-12/h2-3,9-12,15-17H,4H2,1H3/t9-,10?,11?,12+/m1/s1. The quantitative estimate of drug-likeness (QED) is 0.721. The summed E-state index contributed by atoms with van der Waals surface area (Å²) < 4.78 is 32.0. The number of ether oxygens (including phenoxy) is 1. The predicted molar refractivity (Wildman–Crippen MR) is 57.8 cm³/mol. The van der Waals surface area contributed by atoms with Crippen molar-refractivity contribution in [2.24, 2.45) is 0 Å². The summed E-state index contributed by atoms with van der Waals surface area (Å²) in [5, 5.41) is 28.3. The second-order valence-electron chi connectivity index (χ2n) is 4.38. The van der Waals surface area contributed by atoms with Crippen molar-refractivity contribution in [1.29, 1.82) is 0 Å². The molecule has 1 aromatic rings. The lowest BCUT2D eigenvalue weighted by Crippen LogP contribution is -2.32. The van der Waals surface area contributed by atoms with Gasteiger partial charge in [0, 0.05) is 11.6 Å². The van der Waals surface area contributed by atoms with Crippen LogP contribution in [0.2, 0.25) is 0 Å². The third kappa shape index (κ3) is 2.12. The van der Waals surface area contributed by atoms with Crippen LogP contribution in [0.5, 0.6) is 0 Å². The number of aliphatic hydroxyl groups excluding tert-OH is 3. The molecule has 4 atom stereocenters. The normalized spacial score (nSPS) is 31.9. The van der Waals surface area contributed by atoms with Crippen molar-refractivity contribution >= 4 is 0 Å². The molecule has 2 rings (SSSR count). The zero-order valence-electron chi connectivity index (χ0n) is 9.68. The van der Waals surface area contributed by atoms with Crippen LogP contribution in [0.4, 0.5) is 8.78 Å². The van der Waals surface area contributed by atoms with Crippen molar-refractivity contribution in [3.63, 3.8) is 0 Å². The van der Waals surface area contributed by atoms with E-state index in [2.05, 4.69) is 0 Å². The second-order valence-corrected chi connectivity index (χ2v) is 4.38. The Morgan fingerprint density at radius 2 is 1.83 bits per heavy atom. The molecule has 3 N–H and O–H groups in total. The van der Waals surface area contributed by atoms with Gasteiger partial charge in [-0.2, -0.15) is 0 Å². The fraction of sp³-hybridized carbons (Fsp3) is 0.500. The zero-order valence-corrected chi connectivity index (χ0v) is 9.68. The number of benzene rings is 1. The molecule has 0 saturated carbocycles. The Bertz CT molecular complexity index is 452. The molecule has 0 aliphatic carbocycles. The van der Waals surface area contributed by atoms with Gasteiger partial charge in [-0.05, 0) is 18.6 Å². The summed E-state index contributed by atoms with van der Waals surface area (Å²) in [6.45, 7) is 0.968. The molecular weight excluding hydrogens is 246 g/mol. The Hall–Kier alpha value is -1.08. The lowest BCUT2D eigenvalue weighted by atomic mass is 9.99. The number of aryl methyl sites for hydroxylation is 1. The van der Waals surface area contributed by atoms with Crippen LogP contribution in [0.25, 0.3) is 0 Å². The lowest BCUT2D eigenvalue weighted by molar-refractivity contribution is -0.0237. The van der Waals surface area contributed by atoms with Crippen molar-refractivity contribution in [3.8, 4) is 0 Å². The average molecular weight is 260 g/mol. The summed E-state index contributed by atoms with van der Waals surface area (Å²) in [5.74, 6) is -1.55. The van der Waals surface area contributed by atoms with Gasteiger partial charge in [-0.3, -0.25) is 0 Å². The highest BCUT2D eigenvalue weighted by atomic mass is 19.1. The molecule has 4 nitrogen and oxygen atoms in total. The molecule has 0 spiro atoms. The van der Waals surface area contributed by atoms with Gasteiger partial charge in [-0.15, -0.1) is 0 Å². The first-order chi connectivity index (χ1) is 8.45. The molecule has 18 heavy (non-hydrogen) atoms. The van der Waals surface area contributed by atoms with Gasteiger partial charge in [0.2, 0.25) is 0 Å². The van der Waals surface area contributed by atoms with Crippen molar-refractivity contribution < 1.29 is 28.8 Å². The van der Waals surface area contributed by atoms with E-state index in [0.717, 1.165) is 0 Å². The summed E-state index contributed by atoms with van der Waals surface area (Å²) >= 11 is 0. The topological polar surface area (TPSA) is 69.9 Å². The van der Waals surface area contributed by atoms with Gasteiger partial charge >= 0.3 is 0 Å². The van der Waals surface area contributed by atoms with Gasteiger partial charge < -0.3 is 20.1 Å². The molecular formula is C12H14F2O4. The number of hydrogen-bond acceptors (Lipinski definition) is 4. The molecule has 0 bridgehead atoms. The molecule has 1 aromatic carbocycles. The Morgan fingerprint density at radius 3 is 2.39 bits per heavy atom. The number of aliphatic hydroxyl groups is 3. The zero-order chi connectivity index (χ0) is 13.4. The van der Waals surface area contributed by atoms with Gasteiger partial charge in [-0.1, -0.05) is 0 Å². The minimum atomic E-state index is -1.36. The van der Waals surface area contributed by atoms with Crippen molar-refractivity contribution in [3.05, 3.63) is 34.9 Å². The molecule has 0 radical (unpaired) electrons. The summed E-state index contributed by atoms with van der Waals surface area (Å²) in [6, 6.07) is 1.93. The van der Waals surface area contributed by atoms with E-state index in [9.17, 15) is 19.0 Å². The maximum atomic E-state index is 13.6. The first kappa shape index (κ1) is 13.4. The third-order valence-corrected chi connectivity index (χ3v) is 3.13. The van der Waals surface area contributed by atoms with E-state index >= 15 is 0 Å². The van der Waals surface area contributed by atoms with Crippen molar-refractivity contribution in [2.75, 3.05) is 6.61 Å². The van der Waals surface area contributed by atoms with Crippen molar-refractivity contribution in [1.82, 2.24) is 0 Å². The first-order valence-corrected chi connectivity index (χ1v) is 5.53. The Morgan fingerprint density at radius 1 is 1.17 bits per heavy atom. The summed E-state index contributed by atoms with van der Waals surface area (Å²) in [6.07, 6.45) is -4.75. The van der Waals surface area contributed by atoms with E-state index in [1.165, 1.54) is 13.0 Å². The number of hydrogen-bond donors (Lipinski definition) is 3. The second kappa shape index (κ2) is 4.89. The van der Waals surface area contributed by atoms with Crippen LogP contribution in [0.1, 0.15) is 17.2 Å². The minimum Gasteiger partial charge on any atom is -0.394 e. The van der Waals surface area contributed by atoms with E-state index in [-0.39, 0.29) is 11.1 Å². The smallest absolute Gasteiger partial charge is 0.132 e. The van der Waals surface area contributed by atoms with Crippen molar-refractivity contribution in [2.45, 2.75) is 31.3 Å². The fourth-order valence-electron chi connectivity index (χ4n) is 2.05. The van der Waals surface area contributed by atoms with E-state index in [1.807, 2.05) is 0 Å². The van der Waals surface area contributed by atoms with E-state index in [4.69, 9.17) is 9.84 Å². The summed E-state index contributed by atoms with van der Waals surface area (Å²) in [5.41, 5.74) is 0.181. The van der Waals surface area contributed by atoms with Crippen LogP contribution < -0.4 is 0 Å². The van der Waals surface area contributed by atoms with Crippen LogP contribution in [0, 0.1) is 18.6 Å². The molecule has 1 heterocycles. The molecule has 1 aliphatic heterocycles. The first-order valence-electron chi connectivity index (χ1n) is 5.53. The van der Waals surface area contributed by atoms with Gasteiger partial charge in [0.1, 0.15) is 36.1 Å². The molecule has 1 fully saturated rings. The Labute approximate surface area is 102 Å². The van der Waals surface area contributed by atoms with Crippen LogP contribution in [-0.4, -0.2) is 40.2 Å². The van der Waals surface area contributed by atoms with Crippen LogP contribution in [0.3, 0.4) is 0 Å². The van der Waals surface area contributed by atoms with Crippen LogP contribution >= 0.6 is 0 Å². The van der Waals surface area contributed by atoms with Gasteiger partial charge in [0.25, 0.3) is 0 Å². The molecule has 6 heteroatoms. The van der Waals surface area contributed by atoms with E-state index in [1.54, 1.807) is 0 Å². The molecule has 0 amide bonds. The largest absolute Gasteiger partial charge is 0.394 e. The third-order valence-electron chi connectivity index (χ3n) is 3.13. The minimum absolute atomic E-state index is 0.0311. The highest BCUT2D eigenvalue weighted by Crippen LogP contribution is 2.35. The average Bonchev–Trinajstić information content (AvgIpc) is 2.61. The molecule has 2 unspecified atom stereocenters. The molecule has 100 valence electrons. The number of rotatable bonds is 2. The Balaban J connectivity index is 2.35. The van der Waals surface area contributed by atoms with Crippen LogP contribution in [0.15, 0.2) is 12.1 Å². The maximum Gasteiger partial charge on any atom is 0.132 e. The van der Waals surface area contributed by atoms with E-state index in [0.29, 0.717) is 6.07 Å². The monoisotopic (exact) mass is 260 g/mol. The fourth-order valence-corrected chi connectivity index (χ4v) is 2.05. The summed E-state index contributed by atoms with van der Waals surface area (Å²) in [4.78, 5) is 0. The lowest BCUT2D eigenvalue weighted by Gasteiger charge is -2.16. The van der Waals surface area contributed by atoms with Crippen LogP contribution in [-0.2, 0) is 4.74 Å². The van der Waals surface area contributed by atoms with Gasteiger partial charge in [0.15, 0.2) is 0 Å². The Kier molecular flexibility index (Phi) is 3.63. The molecule has 1 saturated heterocycles. The van der Waals surface area contributed by atoms with Gasteiger partial charge in [0.05, 0.1) is 6.61 Å². The molecule has 1 aliphatic rings. The maximum absolute atomic E-state index is 13.6. The molecule has 0 aromatic heterocycles. The highest BCUT2D eigenvalue weighted by Gasteiger charge is 2.44. The number of halogens is 2. The predicted octanol–water partition coefficient (Wildman–Crippen LogP) is 0.427. The highest BCUT2D eigenvalue weighted by molar-refractivity contribution is 5.29.